The number of benzene rings is 1. The highest BCUT2D eigenvalue weighted by Gasteiger charge is 2.16. The molecule has 1 unspecified atom stereocenters. The second-order valence-electron chi connectivity index (χ2n) is 4.96. The van der Waals surface area contributed by atoms with Gasteiger partial charge in [-0.05, 0) is 37.5 Å². The third-order valence-corrected chi connectivity index (χ3v) is 3.61. The molecule has 2 heteroatoms. The summed E-state index contributed by atoms with van der Waals surface area (Å²) in [6, 6.07) is 11.1. The molecule has 0 aromatic heterocycles. The van der Waals surface area contributed by atoms with Crippen LogP contribution >= 0.6 is 0 Å². The molecule has 90 valence electrons. The van der Waals surface area contributed by atoms with Crippen LogP contribution < -0.4 is 5.32 Å². The molecule has 0 bridgehead atoms. The number of hydrogen-bond donors (Lipinski definition) is 1. The van der Waals surface area contributed by atoms with E-state index in [2.05, 4.69) is 24.4 Å². The van der Waals surface area contributed by atoms with Crippen LogP contribution in [0.25, 0.3) is 0 Å². The zero-order valence-electron chi connectivity index (χ0n) is 10.4. The van der Waals surface area contributed by atoms with Crippen molar-refractivity contribution in [3.05, 3.63) is 35.4 Å². The summed E-state index contributed by atoms with van der Waals surface area (Å²) in [7, 11) is 0. The number of hydrogen-bond acceptors (Lipinski definition) is 2. The van der Waals surface area contributed by atoms with E-state index in [1.807, 2.05) is 18.2 Å². The van der Waals surface area contributed by atoms with Crippen molar-refractivity contribution in [2.24, 2.45) is 0 Å². The standard InChI is InChI=1S/C15H20N2/c1-12(17-15-8-3-2-4-9-15)14-7-5-6-13(10-14)11-16/h5-7,10,12,15,17H,2-4,8-9H2,1H3. The van der Waals surface area contributed by atoms with Crippen LogP contribution in [0.2, 0.25) is 0 Å². The molecule has 1 aromatic carbocycles. The molecule has 17 heavy (non-hydrogen) atoms. The molecule has 1 aliphatic rings. The van der Waals surface area contributed by atoms with Crippen LogP contribution in [0.5, 0.6) is 0 Å². The summed E-state index contributed by atoms with van der Waals surface area (Å²) < 4.78 is 0. The number of nitrogens with one attached hydrogen (secondary N) is 1. The Morgan fingerprint density at radius 3 is 2.76 bits per heavy atom. The van der Waals surface area contributed by atoms with E-state index in [0.29, 0.717) is 12.1 Å². The van der Waals surface area contributed by atoms with Crippen LogP contribution in [-0.2, 0) is 0 Å². The first-order valence-corrected chi connectivity index (χ1v) is 6.55. The van der Waals surface area contributed by atoms with Crippen LogP contribution in [0.4, 0.5) is 0 Å². The maximum absolute atomic E-state index is 8.89. The predicted molar refractivity (Wildman–Crippen MR) is 69.6 cm³/mol. The molecule has 1 aromatic rings. The van der Waals surface area contributed by atoms with E-state index in [1.165, 1.54) is 37.7 Å². The Balaban J connectivity index is 1.98. The Bertz CT molecular complexity index is 400. The molecule has 1 atom stereocenters. The van der Waals surface area contributed by atoms with Crippen LogP contribution in [0.1, 0.15) is 56.2 Å². The van der Waals surface area contributed by atoms with Gasteiger partial charge in [0.1, 0.15) is 0 Å². The molecule has 1 aliphatic carbocycles. The van der Waals surface area contributed by atoms with Crippen molar-refractivity contribution in [1.29, 1.82) is 5.26 Å². The van der Waals surface area contributed by atoms with Crippen molar-refractivity contribution < 1.29 is 0 Å². The number of nitrogens with zero attached hydrogens (tertiary/aromatic N) is 1. The van der Waals surface area contributed by atoms with E-state index in [9.17, 15) is 0 Å². The van der Waals surface area contributed by atoms with Crippen molar-refractivity contribution in [3.8, 4) is 6.07 Å². The average molecular weight is 228 g/mol. The van der Waals surface area contributed by atoms with Gasteiger partial charge in [-0.2, -0.15) is 5.26 Å². The summed E-state index contributed by atoms with van der Waals surface area (Å²) in [6.45, 7) is 2.19. The molecule has 0 aliphatic heterocycles. The first-order valence-electron chi connectivity index (χ1n) is 6.55. The molecular formula is C15H20N2. The lowest BCUT2D eigenvalue weighted by molar-refractivity contribution is 0.347. The van der Waals surface area contributed by atoms with Gasteiger partial charge in [-0.25, -0.2) is 0 Å². The summed E-state index contributed by atoms with van der Waals surface area (Å²) in [6.07, 6.45) is 6.67. The summed E-state index contributed by atoms with van der Waals surface area (Å²) >= 11 is 0. The van der Waals surface area contributed by atoms with Gasteiger partial charge in [0.05, 0.1) is 11.6 Å². The Morgan fingerprint density at radius 2 is 2.06 bits per heavy atom. The van der Waals surface area contributed by atoms with Gasteiger partial charge in [-0.3, -0.25) is 0 Å². The fourth-order valence-corrected chi connectivity index (χ4v) is 2.60. The molecule has 0 amide bonds. The van der Waals surface area contributed by atoms with Gasteiger partial charge in [0.2, 0.25) is 0 Å². The van der Waals surface area contributed by atoms with E-state index in [0.717, 1.165) is 5.56 Å². The van der Waals surface area contributed by atoms with E-state index in [1.54, 1.807) is 0 Å². The smallest absolute Gasteiger partial charge is 0.0991 e. The Kier molecular flexibility index (Phi) is 4.17. The van der Waals surface area contributed by atoms with E-state index in [4.69, 9.17) is 5.26 Å². The van der Waals surface area contributed by atoms with Gasteiger partial charge in [-0.15, -0.1) is 0 Å². The molecule has 0 heterocycles. The fraction of sp³-hybridized carbons (Fsp3) is 0.533. The highest BCUT2D eigenvalue weighted by Crippen LogP contribution is 2.21. The zero-order valence-corrected chi connectivity index (χ0v) is 10.4. The second-order valence-corrected chi connectivity index (χ2v) is 4.96. The minimum atomic E-state index is 0.339. The van der Waals surface area contributed by atoms with Gasteiger partial charge in [0.15, 0.2) is 0 Å². The van der Waals surface area contributed by atoms with Crippen LogP contribution in [0.15, 0.2) is 24.3 Å². The average Bonchev–Trinajstić information content (AvgIpc) is 2.40. The van der Waals surface area contributed by atoms with Crippen molar-refractivity contribution in [1.82, 2.24) is 5.32 Å². The topological polar surface area (TPSA) is 35.8 Å². The van der Waals surface area contributed by atoms with E-state index < -0.39 is 0 Å². The van der Waals surface area contributed by atoms with Gasteiger partial charge in [0, 0.05) is 12.1 Å². The molecular weight excluding hydrogens is 208 g/mol. The van der Waals surface area contributed by atoms with Crippen molar-refractivity contribution in [3.63, 3.8) is 0 Å². The van der Waals surface area contributed by atoms with Crippen LogP contribution in [0, 0.1) is 11.3 Å². The maximum Gasteiger partial charge on any atom is 0.0991 e. The lowest BCUT2D eigenvalue weighted by Crippen LogP contribution is -2.33. The predicted octanol–water partition coefficient (Wildman–Crippen LogP) is 3.54. The number of nitriles is 1. The first-order chi connectivity index (χ1) is 8.29. The maximum atomic E-state index is 8.89. The lowest BCUT2D eigenvalue weighted by atomic mass is 9.94. The SMILES string of the molecule is CC(NC1CCCCC1)c1cccc(C#N)c1. The monoisotopic (exact) mass is 228 g/mol. The van der Waals surface area contributed by atoms with Gasteiger partial charge < -0.3 is 5.32 Å². The molecule has 1 saturated carbocycles. The van der Waals surface area contributed by atoms with Gasteiger partial charge in [-0.1, -0.05) is 31.4 Å². The van der Waals surface area contributed by atoms with Crippen LogP contribution in [0.3, 0.4) is 0 Å². The third kappa shape index (κ3) is 3.31. The Morgan fingerprint density at radius 1 is 1.29 bits per heavy atom. The minimum Gasteiger partial charge on any atom is -0.307 e. The molecule has 2 nitrogen and oxygen atoms in total. The molecule has 0 radical (unpaired) electrons. The van der Waals surface area contributed by atoms with Crippen LogP contribution in [-0.4, -0.2) is 6.04 Å². The largest absolute Gasteiger partial charge is 0.307 e. The summed E-state index contributed by atoms with van der Waals surface area (Å²) in [4.78, 5) is 0. The molecule has 1 N–H and O–H groups in total. The summed E-state index contributed by atoms with van der Waals surface area (Å²) in [5.74, 6) is 0. The molecule has 2 rings (SSSR count). The Hall–Kier alpha value is -1.33. The quantitative estimate of drug-likeness (QED) is 0.859. The van der Waals surface area contributed by atoms with E-state index >= 15 is 0 Å². The summed E-state index contributed by atoms with van der Waals surface area (Å²) in [5, 5.41) is 12.6. The summed E-state index contributed by atoms with van der Waals surface area (Å²) in [5.41, 5.74) is 1.97. The second kappa shape index (κ2) is 5.84. The van der Waals surface area contributed by atoms with Crippen molar-refractivity contribution in [2.75, 3.05) is 0 Å². The molecule has 0 saturated heterocycles. The normalized spacial score (nSPS) is 18.6. The molecule has 1 fully saturated rings. The van der Waals surface area contributed by atoms with Crippen molar-refractivity contribution in [2.45, 2.75) is 51.1 Å². The highest BCUT2D eigenvalue weighted by atomic mass is 14.9. The lowest BCUT2D eigenvalue weighted by Gasteiger charge is -2.26. The highest BCUT2D eigenvalue weighted by molar-refractivity contribution is 5.34. The molecule has 0 spiro atoms. The fourth-order valence-electron chi connectivity index (χ4n) is 2.60. The van der Waals surface area contributed by atoms with Gasteiger partial charge >= 0.3 is 0 Å². The van der Waals surface area contributed by atoms with Crippen molar-refractivity contribution >= 4 is 0 Å². The number of rotatable bonds is 3. The zero-order chi connectivity index (χ0) is 12.1. The minimum absolute atomic E-state index is 0.339. The first kappa shape index (κ1) is 12.1. The van der Waals surface area contributed by atoms with Gasteiger partial charge in [0.25, 0.3) is 0 Å². The third-order valence-electron chi connectivity index (χ3n) is 3.61. The Labute approximate surface area is 104 Å². The van der Waals surface area contributed by atoms with E-state index in [-0.39, 0.29) is 0 Å².